The summed E-state index contributed by atoms with van der Waals surface area (Å²) >= 11 is 0. The van der Waals surface area contributed by atoms with Gasteiger partial charge in [0.2, 0.25) is 0 Å². The molecule has 0 radical (unpaired) electrons. The van der Waals surface area contributed by atoms with Gasteiger partial charge in [0, 0.05) is 12.1 Å². The molecule has 0 fully saturated rings. The summed E-state index contributed by atoms with van der Waals surface area (Å²) < 4.78 is 13.4. The number of carbonyl (C=O) groups is 1. The summed E-state index contributed by atoms with van der Waals surface area (Å²) in [5, 5.41) is 2.87. The normalized spacial score (nSPS) is 13.6. The van der Waals surface area contributed by atoms with Crippen molar-refractivity contribution in [2.45, 2.75) is 33.2 Å². The first-order valence-electron chi connectivity index (χ1n) is 6.09. The third-order valence-corrected chi connectivity index (χ3v) is 3.53. The lowest BCUT2D eigenvalue weighted by molar-refractivity contribution is 0.0882. The molecule has 0 bridgehead atoms. The van der Waals surface area contributed by atoms with E-state index >= 15 is 0 Å². The molecule has 0 aliphatic heterocycles. The van der Waals surface area contributed by atoms with Crippen LogP contribution in [0.2, 0.25) is 0 Å². The molecule has 0 aliphatic carbocycles. The van der Waals surface area contributed by atoms with Crippen molar-refractivity contribution in [1.82, 2.24) is 5.32 Å². The summed E-state index contributed by atoms with van der Waals surface area (Å²) in [6.45, 7) is 7.87. The molecule has 1 amide bonds. The van der Waals surface area contributed by atoms with Gasteiger partial charge < -0.3 is 11.1 Å². The largest absolute Gasteiger partial charge is 0.345 e. The summed E-state index contributed by atoms with van der Waals surface area (Å²) in [5.74, 6) is -0.473. The molecule has 0 spiro atoms. The van der Waals surface area contributed by atoms with Crippen molar-refractivity contribution >= 4 is 18.3 Å². The Bertz CT molecular complexity index is 451. The Balaban J connectivity index is 0.00000324. The SMILES string of the molecule is Cc1ccc(C(=O)NC(C)(CN)C(C)C)cc1F.Cl. The van der Waals surface area contributed by atoms with Crippen molar-refractivity contribution in [2.75, 3.05) is 6.54 Å². The monoisotopic (exact) mass is 288 g/mol. The van der Waals surface area contributed by atoms with Crippen LogP contribution in [-0.4, -0.2) is 18.0 Å². The van der Waals surface area contributed by atoms with Crippen LogP contribution in [0.3, 0.4) is 0 Å². The van der Waals surface area contributed by atoms with E-state index in [1.54, 1.807) is 19.1 Å². The molecule has 0 aliphatic rings. The van der Waals surface area contributed by atoms with Crippen LogP contribution in [0.5, 0.6) is 0 Å². The van der Waals surface area contributed by atoms with Crippen molar-refractivity contribution in [3.63, 3.8) is 0 Å². The number of carbonyl (C=O) groups excluding carboxylic acids is 1. The van der Waals surface area contributed by atoms with Gasteiger partial charge in [-0.25, -0.2) is 4.39 Å². The van der Waals surface area contributed by atoms with Crippen molar-refractivity contribution in [2.24, 2.45) is 11.7 Å². The molecule has 0 saturated heterocycles. The van der Waals surface area contributed by atoms with E-state index < -0.39 is 5.54 Å². The van der Waals surface area contributed by atoms with Gasteiger partial charge >= 0.3 is 0 Å². The van der Waals surface area contributed by atoms with Crippen molar-refractivity contribution in [3.8, 4) is 0 Å². The van der Waals surface area contributed by atoms with E-state index in [0.29, 0.717) is 17.7 Å². The zero-order valence-electron chi connectivity index (χ0n) is 11.8. The molecule has 1 atom stereocenters. The Kier molecular flexibility index (Phi) is 6.46. The predicted molar refractivity (Wildman–Crippen MR) is 78.1 cm³/mol. The number of nitrogens with one attached hydrogen (secondary N) is 1. The Hall–Kier alpha value is -1.13. The van der Waals surface area contributed by atoms with Crippen LogP contribution in [0.15, 0.2) is 18.2 Å². The van der Waals surface area contributed by atoms with E-state index in [-0.39, 0.29) is 30.0 Å². The minimum atomic E-state index is -0.488. The van der Waals surface area contributed by atoms with E-state index in [1.165, 1.54) is 6.07 Å². The Morgan fingerprint density at radius 3 is 2.47 bits per heavy atom. The quantitative estimate of drug-likeness (QED) is 0.895. The molecular formula is C14H22ClFN2O. The first kappa shape index (κ1) is 17.9. The molecule has 3 N–H and O–H groups in total. The summed E-state index contributed by atoms with van der Waals surface area (Å²) in [5.41, 5.74) is 6.05. The van der Waals surface area contributed by atoms with Crippen molar-refractivity contribution < 1.29 is 9.18 Å². The zero-order chi connectivity index (χ0) is 13.9. The number of rotatable bonds is 4. The highest BCUT2D eigenvalue weighted by molar-refractivity contribution is 5.94. The fraction of sp³-hybridized carbons (Fsp3) is 0.500. The van der Waals surface area contributed by atoms with E-state index in [9.17, 15) is 9.18 Å². The van der Waals surface area contributed by atoms with E-state index in [0.717, 1.165) is 0 Å². The van der Waals surface area contributed by atoms with Crippen LogP contribution in [-0.2, 0) is 0 Å². The number of aryl methyl sites for hydroxylation is 1. The molecular weight excluding hydrogens is 267 g/mol. The average molecular weight is 289 g/mol. The summed E-state index contributed by atoms with van der Waals surface area (Å²) in [6, 6.07) is 4.46. The second kappa shape index (κ2) is 6.87. The van der Waals surface area contributed by atoms with Gasteiger partial charge in [-0.3, -0.25) is 4.79 Å². The predicted octanol–water partition coefficient (Wildman–Crippen LogP) is 2.66. The minimum Gasteiger partial charge on any atom is -0.345 e. The highest BCUT2D eigenvalue weighted by Gasteiger charge is 2.28. The van der Waals surface area contributed by atoms with Gasteiger partial charge in [0.15, 0.2) is 0 Å². The van der Waals surface area contributed by atoms with E-state index in [2.05, 4.69) is 5.32 Å². The highest BCUT2D eigenvalue weighted by Crippen LogP contribution is 2.16. The molecule has 19 heavy (non-hydrogen) atoms. The van der Waals surface area contributed by atoms with Gasteiger partial charge in [-0.15, -0.1) is 12.4 Å². The molecule has 5 heteroatoms. The fourth-order valence-corrected chi connectivity index (χ4v) is 1.50. The lowest BCUT2D eigenvalue weighted by Gasteiger charge is -2.33. The summed E-state index contributed by atoms with van der Waals surface area (Å²) in [7, 11) is 0. The molecule has 0 heterocycles. The second-order valence-electron chi connectivity index (χ2n) is 5.19. The third-order valence-electron chi connectivity index (χ3n) is 3.53. The zero-order valence-corrected chi connectivity index (χ0v) is 12.6. The summed E-state index contributed by atoms with van der Waals surface area (Å²) in [6.07, 6.45) is 0. The van der Waals surface area contributed by atoms with Crippen LogP contribution in [0, 0.1) is 18.7 Å². The number of halogens is 2. The Morgan fingerprint density at radius 1 is 1.47 bits per heavy atom. The summed E-state index contributed by atoms with van der Waals surface area (Å²) in [4.78, 5) is 12.1. The standard InChI is InChI=1S/C14H21FN2O.ClH/c1-9(2)14(4,8-16)17-13(18)11-6-5-10(3)12(15)7-11;/h5-7,9H,8,16H2,1-4H3,(H,17,18);1H. The van der Waals surface area contributed by atoms with Crippen molar-refractivity contribution in [3.05, 3.63) is 35.1 Å². The molecule has 1 aromatic rings. The van der Waals surface area contributed by atoms with Crippen LogP contribution in [0.25, 0.3) is 0 Å². The maximum Gasteiger partial charge on any atom is 0.251 e. The van der Waals surface area contributed by atoms with Crippen LogP contribution in [0.4, 0.5) is 4.39 Å². The van der Waals surface area contributed by atoms with E-state index in [4.69, 9.17) is 5.73 Å². The molecule has 108 valence electrons. The Morgan fingerprint density at radius 2 is 2.05 bits per heavy atom. The average Bonchev–Trinajstić information content (AvgIpc) is 2.32. The van der Waals surface area contributed by atoms with Crippen LogP contribution >= 0.6 is 12.4 Å². The second-order valence-corrected chi connectivity index (χ2v) is 5.19. The molecule has 0 saturated carbocycles. The van der Waals surface area contributed by atoms with Gasteiger partial charge in [0.1, 0.15) is 5.82 Å². The number of benzene rings is 1. The van der Waals surface area contributed by atoms with Gasteiger partial charge in [0.05, 0.1) is 5.54 Å². The maximum absolute atomic E-state index is 13.4. The number of hydrogen-bond acceptors (Lipinski definition) is 2. The number of amides is 1. The lowest BCUT2D eigenvalue weighted by Crippen LogP contribution is -2.55. The highest BCUT2D eigenvalue weighted by atomic mass is 35.5. The van der Waals surface area contributed by atoms with Gasteiger partial charge in [-0.2, -0.15) is 0 Å². The van der Waals surface area contributed by atoms with Gasteiger partial charge in [0.25, 0.3) is 5.91 Å². The smallest absolute Gasteiger partial charge is 0.251 e. The fourth-order valence-electron chi connectivity index (χ4n) is 1.50. The number of hydrogen-bond donors (Lipinski definition) is 2. The Labute approximate surface area is 120 Å². The molecule has 1 rings (SSSR count). The van der Waals surface area contributed by atoms with E-state index in [1.807, 2.05) is 20.8 Å². The van der Waals surface area contributed by atoms with Gasteiger partial charge in [-0.05, 0) is 37.5 Å². The first-order valence-corrected chi connectivity index (χ1v) is 6.09. The topological polar surface area (TPSA) is 55.1 Å². The van der Waals surface area contributed by atoms with Crippen LogP contribution < -0.4 is 11.1 Å². The molecule has 0 aromatic heterocycles. The maximum atomic E-state index is 13.4. The van der Waals surface area contributed by atoms with Crippen LogP contribution in [0.1, 0.15) is 36.7 Å². The minimum absolute atomic E-state index is 0. The van der Waals surface area contributed by atoms with Gasteiger partial charge in [-0.1, -0.05) is 19.9 Å². The number of nitrogens with two attached hydrogens (primary N) is 1. The lowest BCUT2D eigenvalue weighted by atomic mass is 9.88. The third kappa shape index (κ3) is 4.18. The first-order chi connectivity index (χ1) is 8.30. The molecule has 1 aromatic carbocycles. The molecule has 3 nitrogen and oxygen atoms in total. The molecule has 1 unspecified atom stereocenters. The van der Waals surface area contributed by atoms with Crippen molar-refractivity contribution in [1.29, 1.82) is 0 Å².